The Morgan fingerprint density at radius 3 is 1.38 bits per heavy atom. The molecule has 0 saturated heterocycles. The zero-order valence-electron chi connectivity index (χ0n) is 34.6. The Hall–Kier alpha value is -8.04. The quantitative estimate of drug-likeness (QED) is 0.161. The van der Waals surface area contributed by atoms with E-state index in [1.54, 1.807) is 0 Å². The van der Waals surface area contributed by atoms with Crippen LogP contribution < -0.4 is 0 Å². The molecule has 14 rings (SSSR count). The summed E-state index contributed by atoms with van der Waals surface area (Å²) in [6.07, 6.45) is 0. The lowest BCUT2D eigenvalue weighted by molar-refractivity contribution is 0.669. The average molecular weight is 829 g/mol. The molecule has 64 heavy (non-hydrogen) atoms. The summed E-state index contributed by atoms with van der Waals surface area (Å²) in [6, 6.07) is 80.5. The minimum absolute atomic E-state index is 0.906. The van der Waals surface area contributed by atoms with Gasteiger partial charge in [0.2, 0.25) is 0 Å². The van der Waals surface area contributed by atoms with Gasteiger partial charge in [-0.25, -0.2) is 0 Å². The lowest BCUT2D eigenvalue weighted by Gasteiger charge is -2.19. The molecule has 0 fully saturated rings. The molecule has 12 aromatic carbocycles. The highest BCUT2D eigenvalue weighted by molar-refractivity contribution is 7.26. The van der Waals surface area contributed by atoms with E-state index >= 15 is 0 Å². The fourth-order valence-corrected chi connectivity index (χ4v) is 12.2. The number of furan rings is 1. The zero-order chi connectivity index (χ0) is 41.9. The van der Waals surface area contributed by atoms with E-state index in [-0.39, 0.29) is 0 Å². The molecule has 0 N–H and O–H groups in total. The highest BCUT2D eigenvalue weighted by Crippen LogP contribution is 2.52. The van der Waals surface area contributed by atoms with Gasteiger partial charge in [-0.1, -0.05) is 188 Å². The summed E-state index contributed by atoms with van der Waals surface area (Å²) in [7, 11) is 0. The summed E-state index contributed by atoms with van der Waals surface area (Å²) in [4.78, 5) is 0. The van der Waals surface area contributed by atoms with Gasteiger partial charge in [0.1, 0.15) is 11.2 Å². The summed E-state index contributed by atoms with van der Waals surface area (Å²) in [5, 5.41) is 17.3. The van der Waals surface area contributed by atoms with Crippen molar-refractivity contribution in [2.75, 3.05) is 0 Å². The molecule has 0 aliphatic rings. The van der Waals surface area contributed by atoms with E-state index in [9.17, 15) is 0 Å². The molecule has 0 amide bonds. The molecule has 0 bridgehead atoms. The summed E-state index contributed by atoms with van der Waals surface area (Å²) in [5.41, 5.74) is 11.9. The van der Waals surface area contributed by atoms with Crippen molar-refractivity contribution >= 4 is 107 Å². The highest BCUT2D eigenvalue weighted by Gasteiger charge is 2.23. The molecule has 2 aromatic heterocycles. The van der Waals surface area contributed by atoms with Gasteiger partial charge in [-0.2, -0.15) is 0 Å². The molecule has 14 aromatic rings. The summed E-state index contributed by atoms with van der Waals surface area (Å²) in [6.45, 7) is 0. The van der Waals surface area contributed by atoms with E-state index in [1.807, 2.05) is 11.3 Å². The monoisotopic (exact) mass is 828 g/mol. The molecule has 296 valence electrons. The molecule has 0 unspecified atom stereocenters. The smallest absolute Gasteiger partial charge is 0.136 e. The third-order valence-electron chi connectivity index (χ3n) is 13.6. The van der Waals surface area contributed by atoms with Crippen LogP contribution in [0.1, 0.15) is 0 Å². The van der Waals surface area contributed by atoms with E-state index in [0.717, 1.165) is 21.9 Å². The molecule has 0 spiro atoms. The Labute approximate surface area is 372 Å². The number of hydrogen-bond acceptors (Lipinski definition) is 2. The second kappa shape index (κ2) is 13.7. The molecule has 0 saturated carbocycles. The van der Waals surface area contributed by atoms with Gasteiger partial charge in [0.05, 0.1) is 0 Å². The average Bonchev–Trinajstić information content (AvgIpc) is 3.92. The van der Waals surface area contributed by atoms with Crippen LogP contribution in [-0.2, 0) is 0 Å². The Morgan fingerprint density at radius 1 is 0.281 bits per heavy atom. The van der Waals surface area contributed by atoms with Gasteiger partial charge in [0, 0.05) is 36.5 Å². The Bertz CT molecular complexity index is 4130. The fourth-order valence-electron chi connectivity index (χ4n) is 10.9. The number of fused-ring (bicyclic) bond motifs is 11. The highest BCUT2D eigenvalue weighted by atomic mass is 32.1. The van der Waals surface area contributed by atoms with Crippen LogP contribution in [0, 0.1) is 0 Å². The van der Waals surface area contributed by atoms with Crippen LogP contribution in [0.15, 0.2) is 223 Å². The first-order valence-electron chi connectivity index (χ1n) is 22.0. The van der Waals surface area contributed by atoms with Crippen molar-refractivity contribution < 1.29 is 4.42 Å². The molecule has 2 heterocycles. The van der Waals surface area contributed by atoms with Crippen molar-refractivity contribution in [2.24, 2.45) is 0 Å². The molecular formula is C62H36OS. The maximum absolute atomic E-state index is 6.47. The first-order valence-corrected chi connectivity index (χ1v) is 22.8. The van der Waals surface area contributed by atoms with Crippen LogP contribution in [0.25, 0.3) is 140 Å². The van der Waals surface area contributed by atoms with Crippen LogP contribution in [-0.4, -0.2) is 0 Å². The van der Waals surface area contributed by atoms with E-state index in [2.05, 4.69) is 218 Å². The van der Waals surface area contributed by atoms with E-state index in [1.165, 1.54) is 119 Å². The molecule has 2 heteroatoms. The first-order chi connectivity index (χ1) is 31.8. The Balaban J connectivity index is 1.02. The molecule has 0 radical (unpaired) electrons. The van der Waals surface area contributed by atoms with Crippen molar-refractivity contribution in [2.45, 2.75) is 0 Å². The topological polar surface area (TPSA) is 13.1 Å². The fraction of sp³-hybridized carbons (Fsp3) is 0. The second-order valence-corrected chi connectivity index (χ2v) is 18.1. The number of rotatable bonds is 4. The van der Waals surface area contributed by atoms with Gasteiger partial charge in [0.25, 0.3) is 0 Å². The van der Waals surface area contributed by atoms with Crippen LogP contribution in [0.3, 0.4) is 0 Å². The standard InChI is InChI=1S/C62H36OS/c1-2-16-37(17-3-1)57-41-20-6-10-24-45(41)59(46-25-11-7-21-42(46)57)49-28-15-31-56-61(49)51-30-14-29-50(62(51)64-56)60-47-26-12-8-22-43(47)58(44-23-9-13-27-48(44)60)40-32-33-54-52(35-40)53-34-38-18-4-5-19-39(38)36-55(53)63-54/h1-36H. The Morgan fingerprint density at radius 2 is 0.750 bits per heavy atom. The lowest BCUT2D eigenvalue weighted by Crippen LogP contribution is -1.91. The molecule has 0 aliphatic carbocycles. The van der Waals surface area contributed by atoms with Crippen molar-refractivity contribution in [3.63, 3.8) is 0 Å². The van der Waals surface area contributed by atoms with E-state index in [4.69, 9.17) is 4.42 Å². The first kappa shape index (κ1) is 35.5. The van der Waals surface area contributed by atoms with Crippen molar-refractivity contribution in [3.05, 3.63) is 218 Å². The third kappa shape index (κ3) is 5.12. The molecule has 1 nitrogen and oxygen atoms in total. The van der Waals surface area contributed by atoms with Crippen LogP contribution >= 0.6 is 11.3 Å². The molecule has 0 aliphatic heterocycles. The van der Waals surface area contributed by atoms with Crippen molar-refractivity contribution in [3.8, 4) is 44.5 Å². The normalized spacial score (nSPS) is 12.1. The number of thiophene rings is 1. The lowest BCUT2D eigenvalue weighted by atomic mass is 9.84. The van der Waals surface area contributed by atoms with Gasteiger partial charge >= 0.3 is 0 Å². The predicted octanol–water partition coefficient (Wildman–Crippen LogP) is 18.4. The van der Waals surface area contributed by atoms with Gasteiger partial charge in [0.15, 0.2) is 0 Å². The number of benzene rings is 12. The molecule has 0 atom stereocenters. The summed E-state index contributed by atoms with van der Waals surface area (Å²) < 4.78 is 9.07. The minimum Gasteiger partial charge on any atom is -0.456 e. The second-order valence-electron chi connectivity index (χ2n) is 17.0. The maximum Gasteiger partial charge on any atom is 0.136 e. The van der Waals surface area contributed by atoms with Gasteiger partial charge in [-0.05, 0) is 123 Å². The van der Waals surface area contributed by atoms with E-state index in [0.29, 0.717) is 0 Å². The van der Waals surface area contributed by atoms with Crippen LogP contribution in [0.2, 0.25) is 0 Å². The summed E-state index contributed by atoms with van der Waals surface area (Å²) >= 11 is 1.91. The largest absolute Gasteiger partial charge is 0.456 e. The van der Waals surface area contributed by atoms with Gasteiger partial charge in [-0.3, -0.25) is 0 Å². The van der Waals surface area contributed by atoms with Crippen molar-refractivity contribution in [1.29, 1.82) is 0 Å². The van der Waals surface area contributed by atoms with E-state index < -0.39 is 0 Å². The number of hydrogen-bond donors (Lipinski definition) is 0. The van der Waals surface area contributed by atoms with Crippen LogP contribution in [0.4, 0.5) is 0 Å². The predicted molar refractivity (Wildman–Crippen MR) is 276 cm³/mol. The maximum atomic E-state index is 6.47. The SMILES string of the molecule is c1ccc(-c2c3ccccc3c(-c3cccc4sc5c(-c6c7ccccc7c(-c7ccc8oc9cc%10ccccc%10cc9c8c7)c7ccccc67)cccc5c34)c3ccccc23)cc1. The van der Waals surface area contributed by atoms with Gasteiger partial charge in [-0.15, -0.1) is 11.3 Å². The van der Waals surface area contributed by atoms with Crippen molar-refractivity contribution in [1.82, 2.24) is 0 Å². The molecular weight excluding hydrogens is 793 g/mol. The summed E-state index contributed by atoms with van der Waals surface area (Å²) in [5.74, 6) is 0. The van der Waals surface area contributed by atoms with Crippen LogP contribution in [0.5, 0.6) is 0 Å². The zero-order valence-corrected chi connectivity index (χ0v) is 35.4. The minimum atomic E-state index is 0.906. The van der Waals surface area contributed by atoms with Gasteiger partial charge < -0.3 is 4.42 Å². The Kier molecular flexibility index (Phi) is 7.63. The third-order valence-corrected chi connectivity index (χ3v) is 14.8.